The van der Waals surface area contributed by atoms with Crippen molar-refractivity contribution in [2.45, 2.75) is 23.1 Å². The Morgan fingerprint density at radius 3 is 2.64 bits per heavy atom. The lowest BCUT2D eigenvalue weighted by atomic mass is 10.0. The highest BCUT2D eigenvalue weighted by atomic mass is 32.2. The molecular weight excluding hydrogens is 400 g/mol. The van der Waals surface area contributed by atoms with Gasteiger partial charge in [0.1, 0.15) is 4.21 Å². The third-order valence-electron chi connectivity index (χ3n) is 4.89. The molecule has 1 aliphatic rings. The monoisotopic (exact) mass is 418 g/mol. The number of fused-ring (bicyclic) bond motifs is 1. The van der Waals surface area contributed by atoms with Crippen molar-refractivity contribution in [2.75, 3.05) is 18.0 Å². The van der Waals surface area contributed by atoms with Crippen LogP contribution in [0.3, 0.4) is 0 Å². The molecule has 1 saturated heterocycles. The van der Waals surface area contributed by atoms with Crippen LogP contribution in [-0.4, -0.2) is 37.5 Å². The molecule has 10 heteroatoms. The van der Waals surface area contributed by atoms with Crippen LogP contribution in [-0.2, 0) is 10.0 Å². The maximum atomic E-state index is 12.4. The summed E-state index contributed by atoms with van der Waals surface area (Å²) in [6.07, 6.45) is 4.46. The van der Waals surface area contributed by atoms with Crippen LogP contribution >= 0.6 is 11.3 Å². The molecule has 1 aliphatic heterocycles. The van der Waals surface area contributed by atoms with Crippen LogP contribution < -0.4 is 9.62 Å². The normalized spacial score (nSPS) is 15.8. The van der Waals surface area contributed by atoms with Gasteiger partial charge in [0.2, 0.25) is 10.0 Å². The molecule has 146 valence electrons. The molecule has 1 aromatic carbocycles. The molecule has 0 spiro atoms. The summed E-state index contributed by atoms with van der Waals surface area (Å²) < 4.78 is 27.9. The number of anilines is 1. The Hall–Kier alpha value is -2.56. The van der Waals surface area contributed by atoms with E-state index in [1.54, 1.807) is 35.8 Å². The minimum Gasteiger partial charge on any atom is -0.371 e. The van der Waals surface area contributed by atoms with Gasteiger partial charge in [-0.15, -0.1) is 11.3 Å². The number of rotatable bonds is 5. The van der Waals surface area contributed by atoms with Crippen LogP contribution in [0.25, 0.3) is 10.8 Å². The molecule has 0 saturated carbocycles. The fourth-order valence-corrected chi connectivity index (χ4v) is 5.84. The van der Waals surface area contributed by atoms with E-state index in [1.165, 1.54) is 23.6 Å². The number of benzene rings is 1. The molecule has 3 heterocycles. The van der Waals surface area contributed by atoms with Crippen LogP contribution in [0.4, 0.5) is 11.4 Å². The minimum atomic E-state index is -3.48. The number of piperidine rings is 1. The smallest absolute Gasteiger partial charge is 0.278 e. The number of nitro benzene ring substituents is 1. The Morgan fingerprint density at radius 2 is 1.96 bits per heavy atom. The summed E-state index contributed by atoms with van der Waals surface area (Å²) in [6.45, 7) is 1.32. The van der Waals surface area contributed by atoms with Crippen molar-refractivity contribution in [3.63, 3.8) is 0 Å². The van der Waals surface area contributed by atoms with Gasteiger partial charge in [-0.3, -0.25) is 15.1 Å². The zero-order valence-electron chi connectivity index (χ0n) is 14.8. The first-order valence-electron chi connectivity index (χ1n) is 8.77. The molecule has 1 N–H and O–H groups in total. The maximum Gasteiger partial charge on any atom is 0.278 e. The molecule has 3 aromatic rings. The molecule has 4 rings (SSSR count). The Bertz CT molecular complexity index is 1110. The summed E-state index contributed by atoms with van der Waals surface area (Å²) in [5.41, 5.74) is 0.938. The van der Waals surface area contributed by atoms with Gasteiger partial charge in [0.15, 0.2) is 0 Å². The van der Waals surface area contributed by atoms with E-state index in [9.17, 15) is 18.5 Å². The number of hydrogen-bond acceptors (Lipinski definition) is 7. The first-order valence-corrected chi connectivity index (χ1v) is 11.1. The van der Waals surface area contributed by atoms with Gasteiger partial charge in [0.25, 0.3) is 5.69 Å². The minimum absolute atomic E-state index is 0.0328. The number of sulfonamides is 1. The molecule has 8 nitrogen and oxygen atoms in total. The van der Waals surface area contributed by atoms with Crippen molar-refractivity contribution in [3.05, 3.63) is 58.2 Å². The van der Waals surface area contributed by atoms with E-state index in [0.717, 1.165) is 11.1 Å². The summed E-state index contributed by atoms with van der Waals surface area (Å²) in [7, 11) is -3.48. The van der Waals surface area contributed by atoms with E-state index in [-0.39, 0.29) is 11.7 Å². The number of nitrogens with zero attached hydrogens (tertiary/aromatic N) is 3. The molecule has 0 bridgehead atoms. The van der Waals surface area contributed by atoms with E-state index >= 15 is 0 Å². The topological polar surface area (TPSA) is 105 Å². The lowest BCUT2D eigenvalue weighted by molar-refractivity contribution is -0.383. The summed E-state index contributed by atoms with van der Waals surface area (Å²) in [4.78, 5) is 17.0. The van der Waals surface area contributed by atoms with E-state index in [2.05, 4.69) is 14.6 Å². The second-order valence-corrected chi connectivity index (χ2v) is 9.49. The first-order chi connectivity index (χ1) is 13.5. The van der Waals surface area contributed by atoms with Gasteiger partial charge in [0, 0.05) is 48.7 Å². The molecule has 0 atom stereocenters. The van der Waals surface area contributed by atoms with Crippen LogP contribution in [0.15, 0.2) is 52.3 Å². The number of pyridine rings is 1. The Morgan fingerprint density at radius 1 is 1.18 bits per heavy atom. The second kappa shape index (κ2) is 7.46. The van der Waals surface area contributed by atoms with Crippen LogP contribution in [0.1, 0.15) is 12.8 Å². The molecule has 0 unspecified atom stereocenters. The number of thiophene rings is 1. The summed E-state index contributed by atoms with van der Waals surface area (Å²) in [5, 5.41) is 14.3. The third-order valence-corrected chi connectivity index (χ3v) is 7.80. The number of non-ortho nitro benzene ring substituents is 1. The zero-order valence-corrected chi connectivity index (χ0v) is 16.4. The number of nitro groups is 1. The maximum absolute atomic E-state index is 12.4. The number of hydrogen-bond donors (Lipinski definition) is 1. The quantitative estimate of drug-likeness (QED) is 0.504. The van der Waals surface area contributed by atoms with E-state index in [4.69, 9.17) is 0 Å². The predicted molar refractivity (Wildman–Crippen MR) is 108 cm³/mol. The zero-order chi connectivity index (χ0) is 19.7. The highest BCUT2D eigenvalue weighted by Crippen LogP contribution is 2.34. The average Bonchev–Trinajstić information content (AvgIpc) is 3.23. The highest BCUT2D eigenvalue weighted by molar-refractivity contribution is 7.91. The summed E-state index contributed by atoms with van der Waals surface area (Å²) in [5.74, 6) is 0. The van der Waals surface area contributed by atoms with Gasteiger partial charge in [-0.05, 0) is 36.4 Å². The molecule has 0 radical (unpaired) electrons. The lowest BCUT2D eigenvalue weighted by Crippen LogP contribution is -2.44. The van der Waals surface area contributed by atoms with Crippen LogP contribution in [0.2, 0.25) is 0 Å². The van der Waals surface area contributed by atoms with Gasteiger partial charge in [0.05, 0.1) is 10.3 Å². The van der Waals surface area contributed by atoms with Gasteiger partial charge in [-0.2, -0.15) is 0 Å². The average molecular weight is 419 g/mol. The Labute approximate surface area is 166 Å². The molecule has 2 aromatic heterocycles. The van der Waals surface area contributed by atoms with Crippen molar-refractivity contribution in [1.29, 1.82) is 0 Å². The molecule has 0 amide bonds. The van der Waals surface area contributed by atoms with Gasteiger partial charge in [-0.1, -0.05) is 6.07 Å². The summed E-state index contributed by atoms with van der Waals surface area (Å²) >= 11 is 1.20. The van der Waals surface area contributed by atoms with Gasteiger partial charge >= 0.3 is 0 Å². The number of nitrogens with one attached hydrogen (secondary N) is 1. The Balaban J connectivity index is 1.52. The van der Waals surface area contributed by atoms with Crippen molar-refractivity contribution < 1.29 is 13.3 Å². The highest BCUT2D eigenvalue weighted by Gasteiger charge is 2.26. The fourth-order valence-electron chi connectivity index (χ4n) is 3.53. The van der Waals surface area contributed by atoms with E-state index in [1.807, 2.05) is 0 Å². The molecule has 0 aliphatic carbocycles. The van der Waals surface area contributed by atoms with Gasteiger partial charge in [-0.25, -0.2) is 13.1 Å². The van der Waals surface area contributed by atoms with E-state index in [0.29, 0.717) is 35.5 Å². The lowest BCUT2D eigenvalue weighted by Gasteiger charge is -2.34. The summed E-state index contributed by atoms with van der Waals surface area (Å²) in [6, 6.07) is 8.23. The largest absolute Gasteiger partial charge is 0.371 e. The van der Waals surface area contributed by atoms with Crippen molar-refractivity contribution >= 4 is 43.5 Å². The van der Waals surface area contributed by atoms with Crippen LogP contribution in [0, 0.1) is 10.1 Å². The standard InChI is InChI=1S/C18H18N4O4S2/c23-22(24)17-4-3-16(14-5-8-19-12-15(14)17)21-9-6-13(7-10-21)20-28(25,26)18-2-1-11-27-18/h1-5,8,11-13,20H,6-7,9-10H2. The number of aromatic nitrogens is 1. The molecule has 28 heavy (non-hydrogen) atoms. The van der Waals surface area contributed by atoms with Crippen molar-refractivity contribution in [1.82, 2.24) is 9.71 Å². The van der Waals surface area contributed by atoms with Gasteiger partial charge < -0.3 is 4.90 Å². The molecule has 1 fully saturated rings. The molecular formula is C18H18N4O4S2. The Kier molecular flexibility index (Phi) is 5.00. The first kappa shape index (κ1) is 18.8. The second-order valence-electron chi connectivity index (χ2n) is 6.60. The third kappa shape index (κ3) is 3.58. The predicted octanol–water partition coefficient (Wildman–Crippen LogP) is 3.15. The fraction of sp³-hybridized carbons (Fsp3) is 0.278. The van der Waals surface area contributed by atoms with Crippen molar-refractivity contribution in [3.8, 4) is 0 Å². The van der Waals surface area contributed by atoms with E-state index < -0.39 is 14.9 Å². The van der Waals surface area contributed by atoms with Crippen LogP contribution in [0.5, 0.6) is 0 Å². The van der Waals surface area contributed by atoms with Crippen molar-refractivity contribution in [2.24, 2.45) is 0 Å². The SMILES string of the molecule is O=[N+]([O-])c1ccc(N2CCC(NS(=O)(=O)c3cccs3)CC2)c2ccncc12.